The molecule has 1 aromatic carbocycles. The first-order chi connectivity index (χ1) is 8.60. The summed E-state index contributed by atoms with van der Waals surface area (Å²) in [6, 6.07) is 4.53. The number of rotatable bonds is 4. The Morgan fingerprint density at radius 2 is 2.33 bits per heavy atom. The van der Waals surface area contributed by atoms with Crippen LogP contribution >= 0.6 is 0 Å². The summed E-state index contributed by atoms with van der Waals surface area (Å²) >= 11 is 0. The minimum atomic E-state index is -0.336. The summed E-state index contributed by atoms with van der Waals surface area (Å²) in [5.74, 6) is 0.374. The summed E-state index contributed by atoms with van der Waals surface area (Å²) in [4.78, 5) is 2.36. The fourth-order valence-electron chi connectivity index (χ4n) is 2.57. The smallest absolute Gasteiger partial charge is 0.123 e. The number of likely N-dealkylation sites (tertiary alicyclic amines) is 1. The normalized spacial score (nSPS) is 20.2. The van der Waals surface area contributed by atoms with Crippen LogP contribution in [0.1, 0.15) is 30.9 Å². The predicted octanol–water partition coefficient (Wildman–Crippen LogP) is 2.34. The van der Waals surface area contributed by atoms with E-state index in [2.05, 4.69) is 11.8 Å². The van der Waals surface area contributed by atoms with E-state index in [9.17, 15) is 4.39 Å². The van der Waals surface area contributed by atoms with Crippen LogP contribution in [0.5, 0.6) is 0 Å². The zero-order valence-corrected chi connectivity index (χ0v) is 10.7. The molecule has 3 nitrogen and oxygen atoms in total. The van der Waals surface area contributed by atoms with E-state index >= 15 is 0 Å². The van der Waals surface area contributed by atoms with Crippen molar-refractivity contribution in [3.63, 3.8) is 0 Å². The van der Waals surface area contributed by atoms with E-state index in [1.165, 1.54) is 25.0 Å². The van der Waals surface area contributed by atoms with Gasteiger partial charge in [-0.2, -0.15) is 0 Å². The maximum atomic E-state index is 13.2. The zero-order valence-electron chi connectivity index (χ0n) is 10.7. The van der Waals surface area contributed by atoms with Crippen LogP contribution in [0.2, 0.25) is 0 Å². The lowest BCUT2D eigenvalue weighted by Gasteiger charge is -2.18. The number of halogens is 1. The van der Waals surface area contributed by atoms with Gasteiger partial charge in [0.05, 0.1) is 0 Å². The van der Waals surface area contributed by atoms with Gasteiger partial charge in [-0.15, -0.1) is 0 Å². The maximum Gasteiger partial charge on any atom is 0.123 e. The molecule has 3 N–H and O–H groups in total. The Morgan fingerprint density at radius 1 is 1.56 bits per heavy atom. The van der Waals surface area contributed by atoms with Crippen molar-refractivity contribution in [2.45, 2.75) is 26.3 Å². The highest BCUT2D eigenvalue weighted by atomic mass is 19.1. The van der Waals surface area contributed by atoms with Crippen molar-refractivity contribution in [1.82, 2.24) is 4.90 Å². The molecule has 1 fully saturated rings. The zero-order chi connectivity index (χ0) is 13.1. The number of hydrogen-bond donors (Lipinski definition) is 2. The van der Waals surface area contributed by atoms with E-state index in [1.807, 2.05) is 0 Å². The third kappa shape index (κ3) is 2.88. The van der Waals surface area contributed by atoms with Crippen molar-refractivity contribution in [2.75, 3.05) is 13.1 Å². The van der Waals surface area contributed by atoms with Crippen molar-refractivity contribution in [3.8, 4) is 0 Å². The molecule has 0 aromatic heterocycles. The summed E-state index contributed by atoms with van der Waals surface area (Å²) in [6.07, 6.45) is 2.44. The molecule has 1 heterocycles. The minimum absolute atomic E-state index is 0.0595. The summed E-state index contributed by atoms with van der Waals surface area (Å²) in [7, 11) is 0. The lowest BCUT2D eigenvalue weighted by atomic mass is 10.1. The number of benzene rings is 1. The fourth-order valence-corrected chi connectivity index (χ4v) is 2.57. The molecule has 1 unspecified atom stereocenters. The first kappa shape index (κ1) is 13.0. The van der Waals surface area contributed by atoms with Gasteiger partial charge in [0, 0.05) is 18.7 Å². The first-order valence-electron chi connectivity index (χ1n) is 6.45. The van der Waals surface area contributed by atoms with Crippen molar-refractivity contribution >= 4 is 5.84 Å². The molecular weight excluding hydrogens is 229 g/mol. The van der Waals surface area contributed by atoms with Gasteiger partial charge in [-0.05, 0) is 36.6 Å². The quantitative estimate of drug-likeness (QED) is 0.635. The second-order valence-electron chi connectivity index (χ2n) is 5.01. The van der Waals surface area contributed by atoms with E-state index in [-0.39, 0.29) is 11.7 Å². The third-order valence-electron chi connectivity index (χ3n) is 3.70. The summed E-state index contributed by atoms with van der Waals surface area (Å²) in [5, 5.41) is 7.52. The van der Waals surface area contributed by atoms with Gasteiger partial charge < -0.3 is 5.73 Å². The van der Waals surface area contributed by atoms with Crippen LogP contribution in [-0.2, 0) is 6.54 Å². The highest BCUT2D eigenvalue weighted by Crippen LogP contribution is 2.22. The molecule has 1 aliphatic rings. The number of nitrogen functional groups attached to an aromatic ring is 1. The van der Waals surface area contributed by atoms with Gasteiger partial charge in [-0.1, -0.05) is 19.4 Å². The number of hydrogen-bond acceptors (Lipinski definition) is 2. The highest BCUT2D eigenvalue weighted by molar-refractivity contribution is 5.96. The van der Waals surface area contributed by atoms with Crippen LogP contribution in [0, 0.1) is 17.1 Å². The maximum absolute atomic E-state index is 13.2. The molecule has 0 aliphatic carbocycles. The van der Waals surface area contributed by atoms with Gasteiger partial charge in [-0.25, -0.2) is 4.39 Å². The van der Waals surface area contributed by atoms with E-state index in [4.69, 9.17) is 11.1 Å². The van der Waals surface area contributed by atoms with Gasteiger partial charge in [0.25, 0.3) is 0 Å². The van der Waals surface area contributed by atoms with Crippen molar-refractivity contribution in [1.29, 1.82) is 5.41 Å². The highest BCUT2D eigenvalue weighted by Gasteiger charge is 2.21. The molecule has 0 bridgehead atoms. The molecule has 1 aliphatic heterocycles. The Kier molecular flexibility index (Phi) is 3.97. The van der Waals surface area contributed by atoms with E-state index < -0.39 is 0 Å². The van der Waals surface area contributed by atoms with Crippen LogP contribution < -0.4 is 5.73 Å². The first-order valence-corrected chi connectivity index (χ1v) is 6.45. The Bertz CT molecular complexity index is 445. The molecule has 0 radical (unpaired) electrons. The SMILES string of the molecule is CCC1CCN(Cc2ccc(F)cc2C(=N)N)C1. The van der Waals surface area contributed by atoms with Gasteiger partial charge in [0.1, 0.15) is 11.7 Å². The summed E-state index contributed by atoms with van der Waals surface area (Å²) in [6.45, 7) is 5.14. The van der Waals surface area contributed by atoms with Gasteiger partial charge in [-0.3, -0.25) is 10.3 Å². The molecule has 98 valence electrons. The predicted molar refractivity (Wildman–Crippen MR) is 71.1 cm³/mol. The number of nitrogens with zero attached hydrogens (tertiary/aromatic N) is 1. The van der Waals surface area contributed by atoms with Crippen LogP contribution in [0.4, 0.5) is 4.39 Å². The van der Waals surface area contributed by atoms with E-state index in [0.717, 1.165) is 31.1 Å². The molecule has 18 heavy (non-hydrogen) atoms. The van der Waals surface area contributed by atoms with Crippen LogP contribution in [0.25, 0.3) is 0 Å². The average Bonchev–Trinajstić information content (AvgIpc) is 2.79. The molecule has 0 saturated carbocycles. The Morgan fingerprint density at radius 3 is 2.94 bits per heavy atom. The molecule has 1 saturated heterocycles. The third-order valence-corrected chi connectivity index (χ3v) is 3.70. The second kappa shape index (κ2) is 5.48. The van der Waals surface area contributed by atoms with Crippen LogP contribution in [0.3, 0.4) is 0 Å². The average molecular weight is 249 g/mol. The lowest BCUT2D eigenvalue weighted by Crippen LogP contribution is -2.23. The van der Waals surface area contributed by atoms with Gasteiger partial charge in [0.2, 0.25) is 0 Å². The summed E-state index contributed by atoms with van der Waals surface area (Å²) in [5.41, 5.74) is 6.98. The Labute approximate surface area is 107 Å². The standard InChI is InChI=1S/C14H20FN3/c1-2-10-5-6-18(8-10)9-11-3-4-12(15)7-13(11)14(16)17/h3-4,7,10H,2,5-6,8-9H2,1H3,(H3,16,17). The van der Waals surface area contributed by atoms with Crippen molar-refractivity contribution in [2.24, 2.45) is 11.7 Å². The molecular formula is C14H20FN3. The van der Waals surface area contributed by atoms with E-state index in [1.54, 1.807) is 6.07 Å². The summed E-state index contributed by atoms with van der Waals surface area (Å²) < 4.78 is 13.2. The van der Waals surface area contributed by atoms with E-state index in [0.29, 0.717) is 5.56 Å². The molecule has 0 amide bonds. The minimum Gasteiger partial charge on any atom is -0.384 e. The molecule has 1 atom stereocenters. The topological polar surface area (TPSA) is 53.1 Å². The molecule has 1 aromatic rings. The van der Waals surface area contributed by atoms with Gasteiger partial charge >= 0.3 is 0 Å². The number of amidine groups is 1. The molecule has 0 spiro atoms. The Hall–Kier alpha value is -1.42. The van der Waals surface area contributed by atoms with Crippen LogP contribution in [-0.4, -0.2) is 23.8 Å². The number of nitrogens with one attached hydrogen (secondary N) is 1. The second-order valence-corrected chi connectivity index (χ2v) is 5.01. The fraction of sp³-hybridized carbons (Fsp3) is 0.500. The number of nitrogens with two attached hydrogens (primary N) is 1. The van der Waals surface area contributed by atoms with Crippen LogP contribution in [0.15, 0.2) is 18.2 Å². The van der Waals surface area contributed by atoms with Crippen molar-refractivity contribution in [3.05, 3.63) is 35.1 Å². The van der Waals surface area contributed by atoms with Gasteiger partial charge in [0.15, 0.2) is 0 Å². The molecule has 4 heteroatoms. The lowest BCUT2D eigenvalue weighted by molar-refractivity contribution is 0.315. The molecule has 2 rings (SSSR count). The Balaban J connectivity index is 2.12. The largest absolute Gasteiger partial charge is 0.384 e. The van der Waals surface area contributed by atoms with Crippen molar-refractivity contribution < 1.29 is 4.39 Å². The monoisotopic (exact) mass is 249 g/mol.